The Kier molecular flexibility index (Phi) is 4.65. The van der Waals surface area contributed by atoms with Gasteiger partial charge in [-0.05, 0) is 37.5 Å². The molecule has 1 aromatic rings. The summed E-state index contributed by atoms with van der Waals surface area (Å²) in [4.78, 5) is 11.3. The quantitative estimate of drug-likeness (QED) is 0.851. The maximum Gasteiger partial charge on any atom is 0.243 e. The number of aliphatic hydroxyl groups excluding tert-OH is 1. The van der Waals surface area contributed by atoms with Gasteiger partial charge in [-0.3, -0.25) is 4.79 Å². The van der Waals surface area contributed by atoms with E-state index in [1.54, 1.807) is 19.1 Å². The average molecular weight is 312 g/mol. The van der Waals surface area contributed by atoms with Crippen LogP contribution in [0, 0.1) is 5.92 Å². The summed E-state index contributed by atoms with van der Waals surface area (Å²) in [5.74, 6) is -0.609. The third-order valence-electron chi connectivity index (χ3n) is 3.86. The number of nitrogens with zero attached hydrogens (tertiary/aromatic N) is 1. The lowest BCUT2D eigenvalue weighted by Crippen LogP contribution is -2.41. The summed E-state index contributed by atoms with van der Waals surface area (Å²) in [7, 11) is -3.55. The first kappa shape index (κ1) is 15.9. The lowest BCUT2D eigenvalue weighted by molar-refractivity contribution is -0.122. The minimum absolute atomic E-state index is 0.199. The maximum atomic E-state index is 12.5. The first-order chi connectivity index (χ1) is 9.82. The van der Waals surface area contributed by atoms with Gasteiger partial charge in [0, 0.05) is 19.0 Å². The molecule has 1 unspecified atom stereocenters. The molecule has 116 valence electrons. The van der Waals surface area contributed by atoms with Crippen molar-refractivity contribution in [3.05, 3.63) is 29.8 Å². The summed E-state index contributed by atoms with van der Waals surface area (Å²) in [6.07, 6.45) is 0.286. The molecule has 6 nitrogen and oxygen atoms in total. The van der Waals surface area contributed by atoms with E-state index >= 15 is 0 Å². The summed E-state index contributed by atoms with van der Waals surface area (Å²) >= 11 is 0. The fourth-order valence-corrected chi connectivity index (χ4v) is 3.92. The van der Waals surface area contributed by atoms with Gasteiger partial charge in [-0.15, -0.1) is 0 Å². The molecule has 0 radical (unpaired) electrons. The van der Waals surface area contributed by atoms with E-state index in [0.717, 1.165) is 0 Å². The minimum atomic E-state index is -3.55. The van der Waals surface area contributed by atoms with Gasteiger partial charge in [-0.1, -0.05) is 12.1 Å². The van der Waals surface area contributed by atoms with Crippen LogP contribution in [0.2, 0.25) is 0 Å². The van der Waals surface area contributed by atoms with Crippen molar-refractivity contribution in [2.75, 3.05) is 13.1 Å². The van der Waals surface area contributed by atoms with Crippen molar-refractivity contribution in [2.45, 2.75) is 30.8 Å². The zero-order valence-corrected chi connectivity index (χ0v) is 12.7. The Hall–Kier alpha value is -1.44. The monoisotopic (exact) mass is 312 g/mol. The van der Waals surface area contributed by atoms with Crippen molar-refractivity contribution < 1.29 is 18.3 Å². The molecule has 1 atom stereocenters. The summed E-state index contributed by atoms with van der Waals surface area (Å²) in [5, 5.41) is 9.44. The molecule has 0 aromatic heterocycles. The highest BCUT2D eigenvalue weighted by molar-refractivity contribution is 7.89. The van der Waals surface area contributed by atoms with Gasteiger partial charge >= 0.3 is 0 Å². The van der Waals surface area contributed by atoms with Crippen molar-refractivity contribution in [2.24, 2.45) is 11.7 Å². The Labute approximate surface area is 124 Å². The third-order valence-corrected chi connectivity index (χ3v) is 5.77. The Balaban J connectivity index is 2.13. The van der Waals surface area contributed by atoms with E-state index in [1.165, 1.54) is 16.4 Å². The van der Waals surface area contributed by atoms with E-state index in [4.69, 9.17) is 5.73 Å². The molecule has 1 aliphatic heterocycles. The van der Waals surface area contributed by atoms with Gasteiger partial charge in [0.05, 0.1) is 11.0 Å². The van der Waals surface area contributed by atoms with E-state index < -0.39 is 16.1 Å². The van der Waals surface area contributed by atoms with E-state index in [9.17, 15) is 18.3 Å². The molecule has 1 heterocycles. The van der Waals surface area contributed by atoms with Gasteiger partial charge in [0.1, 0.15) is 0 Å². The van der Waals surface area contributed by atoms with Crippen LogP contribution in [0.1, 0.15) is 31.4 Å². The van der Waals surface area contributed by atoms with Crippen LogP contribution in [-0.4, -0.2) is 36.8 Å². The van der Waals surface area contributed by atoms with Gasteiger partial charge < -0.3 is 10.8 Å². The van der Waals surface area contributed by atoms with E-state index in [0.29, 0.717) is 31.5 Å². The van der Waals surface area contributed by atoms with Crippen molar-refractivity contribution in [3.8, 4) is 0 Å². The van der Waals surface area contributed by atoms with Gasteiger partial charge in [0.2, 0.25) is 15.9 Å². The molecule has 0 spiro atoms. The molecule has 1 aromatic carbocycles. The fourth-order valence-electron chi connectivity index (χ4n) is 2.45. The zero-order chi connectivity index (χ0) is 15.6. The molecular formula is C14H20N2O4S. The highest BCUT2D eigenvalue weighted by Gasteiger charge is 2.31. The number of nitrogens with two attached hydrogens (primary N) is 1. The number of primary amides is 1. The molecule has 3 N–H and O–H groups in total. The number of hydrogen-bond donors (Lipinski definition) is 2. The number of piperidine rings is 1. The van der Waals surface area contributed by atoms with Crippen molar-refractivity contribution >= 4 is 15.9 Å². The number of carbonyl (C=O) groups is 1. The highest BCUT2D eigenvalue weighted by atomic mass is 32.2. The number of carbonyl (C=O) groups excluding carboxylic acids is 1. The van der Waals surface area contributed by atoms with Crippen LogP contribution in [-0.2, 0) is 14.8 Å². The van der Waals surface area contributed by atoms with Gasteiger partial charge in [0.25, 0.3) is 0 Å². The molecule has 1 aliphatic rings. The van der Waals surface area contributed by atoms with Gasteiger partial charge in [-0.25, -0.2) is 8.42 Å². The number of aliphatic hydroxyl groups is 1. The summed E-state index contributed by atoms with van der Waals surface area (Å²) in [5.41, 5.74) is 5.92. The summed E-state index contributed by atoms with van der Waals surface area (Å²) < 4.78 is 26.4. The summed E-state index contributed by atoms with van der Waals surface area (Å²) in [6, 6.07) is 6.20. The second kappa shape index (κ2) is 6.13. The molecule has 21 heavy (non-hydrogen) atoms. The fraction of sp³-hybridized carbons (Fsp3) is 0.500. The number of amides is 1. The van der Waals surface area contributed by atoms with Crippen LogP contribution >= 0.6 is 0 Å². The second-order valence-electron chi connectivity index (χ2n) is 5.33. The van der Waals surface area contributed by atoms with Crippen LogP contribution < -0.4 is 5.73 Å². The largest absolute Gasteiger partial charge is 0.389 e. The molecular weight excluding hydrogens is 292 g/mol. The molecule has 0 saturated carbocycles. The van der Waals surface area contributed by atoms with Gasteiger partial charge in [-0.2, -0.15) is 4.31 Å². The third kappa shape index (κ3) is 3.42. The van der Waals surface area contributed by atoms with Crippen molar-refractivity contribution in [1.29, 1.82) is 0 Å². The molecule has 0 aliphatic carbocycles. The van der Waals surface area contributed by atoms with E-state index in [-0.39, 0.29) is 16.7 Å². The highest BCUT2D eigenvalue weighted by Crippen LogP contribution is 2.24. The van der Waals surface area contributed by atoms with Crippen LogP contribution in [0.4, 0.5) is 0 Å². The molecule has 1 amide bonds. The molecule has 1 saturated heterocycles. The Morgan fingerprint density at radius 1 is 1.29 bits per heavy atom. The van der Waals surface area contributed by atoms with Crippen LogP contribution in [0.5, 0.6) is 0 Å². The Bertz CT molecular complexity index is 602. The SMILES string of the molecule is CC(O)c1ccc(S(=O)(=O)N2CCC(C(N)=O)CC2)cc1. The second-order valence-corrected chi connectivity index (χ2v) is 7.26. The van der Waals surface area contributed by atoms with Crippen LogP contribution in [0.3, 0.4) is 0 Å². The Morgan fingerprint density at radius 2 is 1.81 bits per heavy atom. The van der Waals surface area contributed by atoms with Crippen LogP contribution in [0.25, 0.3) is 0 Å². The van der Waals surface area contributed by atoms with Crippen LogP contribution in [0.15, 0.2) is 29.2 Å². The molecule has 0 bridgehead atoms. The molecule has 7 heteroatoms. The van der Waals surface area contributed by atoms with Gasteiger partial charge in [0.15, 0.2) is 0 Å². The average Bonchev–Trinajstić information content (AvgIpc) is 2.47. The lowest BCUT2D eigenvalue weighted by Gasteiger charge is -2.29. The normalized spacial score (nSPS) is 19.3. The first-order valence-electron chi connectivity index (χ1n) is 6.90. The molecule has 2 rings (SSSR count). The predicted octanol–water partition coefficient (Wildman–Crippen LogP) is 0.626. The topological polar surface area (TPSA) is 101 Å². The van der Waals surface area contributed by atoms with Crippen molar-refractivity contribution in [3.63, 3.8) is 0 Å². The van der Waals surface area contributed by atoms with Crippen molar-refractivity contribution in [1.82, 2.24) is 4.31 Å². The first-order valence-corrected chi connectivity index (χ1v) is 8.34. The standard InChI is InChI=1S/C14H20N2O4S/c1-10(17)11-2-4-13(5-3-11)21(19,20)16-8-6-12(7-9-16)14(15)18/h2-5,10,12,17H,6-9H2,1H3,(H2,15,18). The number of hydrogen-bond acceptors (Lipinski definition) is 4. The lowest BCUT2D eigenvalue weighted by atomic mass is 9.98. The zero-order valence-electron chi connectivity index (χ0n) is 11.9. The number of sulfonamides is 1. The minimum Gasteiger partial charge on any atom is -0.389 e. The Morgan fingerprint density at radius 3 is 2.24 bits per heavy atom. The summed E-state index contributed by atoms with van der Waals surface area (Å²) in [6.45, 7) is 2.22. The number of rotatable bonds is 4. The number of benzene rings is 1. The maximum absolute atomic E-state index is 12.5. The van der Waals surface area contributed by atoms with E-state index in [2.05, 4.69) is 0 Å². The predicted molar refractivity (Wildman–Crippen MR) is 77.8 cm³/mol. The molecule has 1 fully saturated rings. The smallest absolute Gasteiger partial charge is 0.243 e. The van der Waals surface area contributed by atoms with E-state index in [1.807, 2.05) is 0 Å².